The summed E-state index contributed by atoms with van der Waals surface area (Å²) in [6.45, 7) is 4.54. The predicted octanol–water partition coefficient (Wildman–Crippen LogP) is 4.18. The molecular weight excluding hydrogens is 249 g/mol. The highest BCUT2D eigenvalue weighted by Crippen LogP contribution is 2.39. The van der Waals surface area contributed by atoms with Crippen molar-refractivity contribution in [2.24, 2.45) is 17.1 Å². The van der Waals surface area contributed by atoms with E-state index in [1.807, 2.05) is 0 Å². The van der Waals surface area contributed by atoms with Crippen LogP contribution < -0.4 is 5.73 Å². The van der Waals surface area contributed by atoms with Crippen LogP contribution in [0.3, 0.4) is 0 Å². The highest BCUT2D eigenvalue weighted by molar-refractivity contribution is 6.30. The normalized spacial score (nSPS) is 27.2. The molecule has 0 bridgehead atoms. The van der Waals surface area contributed by atoms with Gasteiger partial charge in [0.2, 0.25) is 0 Å². The molecule has 0 heterocycles. The first-order chi connectivity index (χ1) is 8.37. The summed E-state index contributed by atoms with van der Waals surface area (Å²) in [4.78, 5) is 0. The first-order valence-electron chi connectivity index (χ1n) is 6.57. The molecule has 2 unspecified atom stereocenters. The standard InChI is InChI=1S/C15H21ClFN/c1-15(2)6-5-14(18)11(9-15)7-10-3-4-12(16)8-13(10)17/h3-4,8,11,14H,5-7,9,18H2,1-2H3. The SMILES string of the molecule is CC1(C)CCC(N)C(Cc2ccc(Cl)cc2F)C1. The third-order valence-electron chi connectivity index (χ3n) is 4.07. The quantitative estimate of drug-likeness (QED) is 0.857. The largest absolute Gasteiger partial charge is 0.327 e. The van der Waals surface area contributed by atoms with E-state index in [0.717, 1.165) is 24.8 Å². The van der Waals surface area contributed by atoms with E-state index in [4.69, 9.17) is 17.3 Å². The summed E-state index contributed by atoms with van der Waals surface area (Å²) in [5.74, 6) is 0.155. The number of rotatable bonds is 2. The molecule has 2 rings (SSSR count). The second kappa shape index (κ2) is 5.18. The van der Waals surface area contributed by atoms with Crippen LogP contribution in [0.15, 0.2) is 18.2 Å². The first-order valence-corrected chi connectivity index (χ1v) is 6.95. The predicted molar refractivity (Wildman–Crippen MR) is 74.2 cm³/mol. The van der Waals surface area contributed by atoms with Crippen LogP contribution in [0.25, 0.3) is 0 Å². The number of hydrogen-bond acceptors (Lipinski definition) is 1. The minimum atomic E-state index is -0.210. The van der Waals surface area contributed by atoms with E-state index in [1.165, 1.54) is 6.07 Å². The Kier molecular flexibility index (Phi) is 3.98. The van der Waals surface area contributed by atoms with Crippen molar-refractivity contribution in [3.05, 3.63) is 34.6 Å². The molecule has 18 heavy (non-hydrogen) atoms. The molecule has 1 aliphatic rings. The summed E-state index contributed by atoms with van der Waals surface area (Å²) >= 11 is 5.77. The van der Waals surface area contributed by atoms with Crippen molar-refractivity contribution in [1.29, 1.82) is 0 Å². The molecule has 0 aliphatic heterocycles. The van der Waals surface area contributed by atoms with Gasteiger partial charge in [0.15, 0.2) is 0 Å². The maximum absolute atomic E-state index is 13.8. The Hall–Kier alpha value is -0.600. The molecule has 0 radical (unpaired) electrons. The van der Waals surface area contributed by atoms with E-state index in [-0.39, 0.29) is 11.9 Å². The molecule has 0 saturated heterocycles. The number of halogens is 2. The van der Waals surface area contributed by atoms with Crippen LogP contribution >= 0.6 is 11.6 Å². The van der Waals surface area contributed by atoms with Crippen molar-refractivity contribution < 1.29 is 4.39 Å². The van der Waals surface area contributed by atoms with E-state index >= 15 is 0 Å². The Morgan fingerprint density at radius 2 is 2.17 bits per heavy atom. The molecule has 1 saturated carbocycles. The molecule has 0 aromatic heterocycles. The fourth-order valence-electron chi connectivity index (χ4n) is 2.95. The highest BCUT2D eigenvalue weighted by atomic mass is 35.5. The van der Waals surface area contributed by atoms with Crippen molar-refractivity contribution in [2.75, 3.05) is 0 Å². The third kappa shape index (κ3) is 3.24. The molecule has 1 aliphatic carbocycles. The monoisotopic (exact) mass is 269 g/mol. The van der Waals surface area contributed by atoms with Crippen LogP contribution in [0, 0.1) is 17.2 Å². The van der Waals surface area contributed by atoms with Gasteiger partial charge in [0.25, 0.3) is 0 Å². The fraction of sp³-hybridized carbons (Fsp3) is 0.600. The number of benzene rings is 1. The minimum Gasteiger partial charge on any atom is -0.327 e. The zero-order valence-corrected chi connectivity index (χ0v) is 11.8. The van der Waals surface area contributed by atoms with E-state index in [1.54, 1.807) is 12.1 Å². The van der Waals surface area contributed by atoms with Crippen molar-refractivity contribution in [3.63, 3.8) is 0 Å². The highest BCUT2D eigenvalue weighted by Gasteiger charge is 2.33. The maximum atomic E-state index is 13.8. The minimum absolute atomic E-state index is 0.188. The lowest BCUT2D eigenvalue weighted by Crippen LogP contribution is -2.40. The topological polar surface area (TPSA) is 26.0 Å². The molecule has 0 amide bonds. The van der Waals surface area contributed by atoms with Crippen LogP contribution in [0.2, 0.25) is 5.02 Å². The lowest BCUT2D eigenvalue weighted by atomic mass is 9.68. The summed E-state index contributed by atoms with van der Waals surface area (Å²) in [7, 11) is 0. The Bertz CT molecular complexity index is 431. The first kappa shape index (κ1) is 13.8. The van der Waals surface area contributed by atoms with Crippen molar-refractivity contribution in [1.82, 2.24) is 0 Å². The van der Waals surface area contributed by atoms with Crippen molar-refractivity contribution >= 4 is 11.6 Å². The van der Waals surface area contributed by atoms with Gasteiger partial charge in [-0.25, -0.2) is 4.39 Å². The van der Waals surface area contributed by atoms with E-state index in [0.29, 0.717) is 22.8 Å². The summed E-state index contributed by atoms with van der Waals surface area (Å²) in [6.07, 6.45) is 3.98. The molecule has 2 atom stereocenters. The summed E-state index contributed by atoms with van der Waals surface area (Å²) < 4.78 is 13.8. The molecule has 1 aromatic carbocycles. The molecule has 100 valence electrons. The summed E-state index contributed by atoms with van der Waals surface area (Å²) in [6, 6.07) is 5.11. The zero-order valence-electron chi connectivity index (χ0n) is 11.0. The lowest BCUT2D eigenvalue weighted by molar-refractivity contribution is 0.156. The molecule has 2 N–H and O–H groups in total. The second-order valence-corrected chi connectivity index (χ2v) is 6.71. The smallest absolute Gasteiger partial charge is 0.127 e. The van der Waals surface area contributed by atoms with Gasteiger partial charge in [-0.15, -0.1) is 0 Å². The van der Waals surface area contributed by atoms with Gasteiger partial charge in [-0.1, -0.05) is 31.5 Å². The Balaban J connectivity index is 2.12. The molecular formula is C15H21ClFN. The van der Waals surface area contributed by atoms with Gasteiger partial charge >= 0.3 is 0 Å². The number of hydrogen-bond donors (Lipinski definition) is 1. The van der Waals surface area contributed by atoms with Crippen LogP contribution in [0.4, 0.5) is 4.39 Å². The Labute approximate surface area is 114 Å². The van der Waals surface area contributed by atoms with E-state index in [2.05, 4.69) is 13.8 Å². The van der Waals surface area contributed by atoms with Crippen LogP contribution in [0.5, 0.6) is 0 Å². The third-order valence-corrected chi connectivity index (χ3v) is 4.31. The maximum Gasteiger partial charge on any atom is 0.127 e. The lowest BCUT2D eigenvalue weighted by Gasteiger charge is -2.39. The summed E-state index contributed by atoms with van der Waals surface area (Å²) in [5.41, 5.74) is 7.24. The van der Waals surface area contributed by atoms with E-state index < -0.39 is 0 Å². The van der Waals surface area contributed by atoms with Gasteiger partial charge in [-0.3, -0.25) is 0 Å². The average molecular weight is 270 g/mol. The zero-order chi connectivity index (χ0) is 13.3. The average Bonchev–Trinajstić information content (AvgIpc) is 2.27. The molecule has 1 fully saturated rings. The van der Waals surface area contributed by atoms with Crippen LogP contribution in [0.1, 0.15) is 38.7 Å². The van der Waals surface area contributed by atoms with Crippen LogP contribution in [-0.4, -0.2) is 6.04 Å². The second-order valence-electron chi connectivity index (χ2n) is 6.27. The Morgan fingerprint density at radius 1 is 1.44 bits per heavy atom. The van der Waals surface area contributed by atoms with Crippen LogP contribution in [-0.2, 0) is 6.42 Å². The molecule has 0 spiro atoms. The molecule has 3 heteroatoms. The summed E-state index contributed by atoms with van der Waals surface area (Å²) in [5, 5.41) is 0.449. The van der Waals surface area contributed by atoms with Crippen molar-refractivity contribution in [2.45, 2.75) is 45.6 Å². The molecule has 1 aromatic rings. The van der Waals surface area contributed by atoms with Gasteiger partial charge in [0, 0.05) is 11.1 Å². The van der Waals surface area contributed by atoms with Gasteiger partial charge in [-0.05, 0) is 54.7 Å². The Morgan fingerprint density at radius 3 is 2.83 bits per heavy atom. The van der Waals surface area contributed by atoms with Gasteiger partial charge in [-0.2, -0.15) is 0 Å². The fourth-order valence-corrected chi connectivity index (χ4v) is 3.11. The van der Waals surface area contributed by atoms with Gasteiger partial charge < -0.3 is 5.73 Å². The van der Waals surface area contributed by atoms with Gasteiger partial charge in [0.05, 0.1) is 0 Å². The number of nitrogens with two attached hydrogens (primary N) is 1. The van der Waals surface area contributed by atoms with E-state index in [9.17, 15) is 4.39 Å². The van der Waals surface area contributed by atoms with Gasteiger partial charge in [0.1, 0.15) is 5.82 Å². The van der Waals surface area contributed by atoms with Crippen molar-refractivity contribution in [3.8, 4) is 0 Å². The molecule has 1 nitrogen and oxygen atoms in total.